The predicted molar refractivity (Wildman–Crippen MR) is 59.4 cm³/mol. The Morgan fingerprint density at radius 1 is 1.36 bits per heavy atom. The summed E-state index contributed by atoms with van der Waals surface area (Å²) in [6.45, 7) is 3.14. The highest BCUT2D eigenvalue weighted by Crippen LogP contribution is 2.24. The Hall–Kier alpha value is -1.35. The van der Waals surface area contributed by atoms with E-state index in [2.05, 4.69) is 10.3 Å². The number of para-hydroxylation sites is 2. The Bertz CT molecular complexity index is 370. The maximum absolute atomic E-state index is 10.9. The van der Waals surface area contributed by atoms with Gasteiger partial charge in [0.15, 0.2) is 0 Å². The van der Waals surface area contributed by atoms with Gasteiger partial charge in [-0.1, -0.05) is 23.7 Å². The van der Waals surface area contributed by atoms with Crippen molar-refractivity contribution >= 4 is 34.1 Å². The number of rotatable bonds is 2. The zero-order valence-corrected chi connectivity index (χ0v) is 8.80. The first kappa shape index (κ1) is 10.7. The zero-order valence-electron chi connectivity index (χ0n) is 8.04. The lowest BCUT2D eigenvalue weighted by atomic mass is 10.2. The van der Waals surface area contributed by atoms with E-state index >= 15 is 0 Å². The minimum Gasteiger partial charge on any atom is -0.324 e. The molecule has 74 valence electrons. The van der Waals surface area contributed by atoms with Crippen LogP contribution in [0.3, 0.4) is 0 Å². The third-order valence-electron chi connectivity index (χ3n) is 1.49. The van der Waals surface area contributed by atoms with Crippen molar-refractivity contribution in [2.24, 2.45) is 4.99 Å². The summed E-state index contributed by atoms with van der Waals surface area (Å²) in [5.41, 5.74) is 1.33. The minimum atomic E-state index is -0.125. The standard InChI is InChI=1S/C10H11ClN2O/c1-7(11)12-9-5-3-4-6-10(9)13-8(2)14/h3-6H,1-2H3,(H,13,14). The van der Waals surface area contributed by atoms with Crippen molar-refractivity contribution in [1.29, 1.82) is 0 Å². The number of carbonyl (C=O) groups excluding carboxylic acids is 1. The van der Waals surface area contributed by atoms with Gasteiger partial charge in [0, 0.05) is 6.92 Å². The average molecular weight is 211 g/mol. The number of hydrogen-bond acceptors (Lipinski definition) is 2. The van der Waals surface area contributed by atoms with Crippen molar-refractivity contribution in [3.05, 3.63) is 24.3 Å². The van der Waals surface area contributed by atoms with Crippen LogP contribution < -0.4 is 5.32 Å². The lowest BCUT2D eigenvalue weighted by Gasteiger charge is -2.05. The molecule has 1 aromatic carbocycles. The van der Waals surface area contributed by atoms with Crippen molar-refractivity contribution in [3.8, 4) is 0 Å². The molecule has 0 aliphatic heterocycles. The van der Waals surface area contributed by atoms with Gasteiger partial charge in [0.1, 0.15) is 5.17 Å². The molecule has 1 N–H and O–H groups in total. The van der Waals surface area contributed by atoms with Gasteiger partial charge in [-0.15, -0.1) is 0 Å². The van der Waals surface area contributed by atoms with E-state index in [0.717, 1.165) is 0 Å². The van der Waals surface area contributed by atoms with Crippen molar-refractivity contribution in [1.82, 2.24) is 0 Å². The summed E-state index contributed by atoms with van der Waals surface area (Å²) < 4.78 is 0. The topological polar surface area (TPSA) is 41.5 Å². The van der Waals surface area contributed by atoms with Gasteiger partial charge in [0.05, 0.1) is 11.4 Å². The van der Waals surface area contributed by atoms with Crippen LogP contribution in [0.15, 0.2) is 29.3 Å². The van der Waals surface area contributed by atoms with Gasteiger partial charge in [0.25, 0.3) is 0 Å². The third-order valence-corrected chi connectivity index (χ3v) is 1.57. The molecule has 0 heterocycles. The molecule has 4 heteroatoms. The largest absolute Gasteiger partial charge is 0.324 e. The van der Waals surface area contributed by atoms with E-state index in [1.807, 2.05) is 12.1 Å². The van der Waals surface area contributed by atoms with E-state index in [-0.39, 0.29) is 5.91 Å². The summed E-state index contributed by atoms with van der Waals surface area (Å²) in [4.78, 5) is 14.9. The maximum atomic E-state index is 10.9. The Morgan fingerprint density at radius 2 is 2.00 bits per heavy atom. The van der Waals surface area contributed by atoms with Crippen LogP contribution in [0.25, 0.3) is 0 Å². The SMILES string of the molecule is CC(=O)Nc1ccccc1N=C(C)Cl. The van der Waals surface area contributed by atoms with Gasteiger partial charge >= 0.3 is 0 Å². The normalized spacial score (nSPS) is 11.2. The first-order chi connectivity index (χ1) is 6.59. The highest BCUT2D eigenvalue weighted by molar-refractivity contribution is 6.65. The molecular formula is C10H11ClN2O. The summed E-state index contributed by atoms with van der Waals surface area (Å²) in [7, 11) is 0. The van der Waals surface area contributed by atoms with Crippen LogP contribution in [-0.2, 0) is 4.79 Å². The summed E-state index contributed by atoms with van der Waals surface area (Å²) in [6.07, 6.45) is 0. The first-order valence-corrected chi connectivity index (χ1v) is 4.55. The van der Waals surface area contributed by atoms with Crippen molar-refractivity contribution in [2.45, 2.75) is 13.8 Å². The number of nitrogens with zero attached hydrogens (tertiary/aromatic N) is 1. The predicted octanol–water partition coefficient (Wildman–Crippen LogP) is 2.93. The van der Waals surface area contributed by atoms with Crippen molar-refractivity contribution in [3.63, 3.8) is 0 Å². The van der Waals surface area contributed by atoms with Crippen LogP contribution in [0.4, 0.5) is 11.4 Å². The van der Waals surface area contributed by atoms with E-state index in [1.165, 1.54) is 6.92 Å². The number of aliphatic imine (C=N–C) groups is 1. The molecule has 0 fully saturated rings. The van der Waals surface area contributed by atoms with Crippen molar-refractivity contribution < 1.29 is 4.79 Å². The van der Waals surface area contributed by atoms with Gasteiger partial charge < -0.3 is 5.32 Å². The zero-order chi connectivity index (χ0) is 10.6. The summed E-state index contributed by atoms with van der Waals surface area (Å²) in [6, 6.07) is 7.23. The van der Waals surface area contributed by atoms with Gasteiger partial charge in [-0.2, -0.15) is 0 Å². The number of anilines is 1. The number of hydrogen-bond donors (Lipinski definition) is 1. The fourth-order valence-corrected chi connectivity index (χ4v) is 1.12. The van der Waals surface area contributed by atoms with Crippen LogP contribution in [0.5, 0.6) is 0 Å². The van der Waals surface area contributed by atoms with Gasteiger partial charge in [-0.25, -0.2) is 4.99 Å². The molecule has 0 radical (unpaired) electrons. The lowest BCUT2D eigenvalue weighted by molar-refractivity contribution is -0.114. The molecule has 0 atom stereocenters. The minimum absolute atomic E-state index is 0.125. The molecular weight excluding hydrogens is 200 g/mol. The molecule has 14 heavy (non-hydrogen) atoms. The highest BCUT2D eigenvalue weighted by atomic mass is 35.5. The van der Waals surface area contributed by atoms with Crippen LogP contribution in [-0.4, -0.2) is 11.1 Å². The van der Waals surface area contributed by atoms with E-state index in [1.54, 1.807) is 19.1 Å². The Morgan fingerprint density at radius 3 is 2.57 bits per heavy atom. The van der Waals surface area contributed by atoms with Crippen LogP contribution in [0.2, 0.25) is 0 Å². The van der Waals surface area contributed by atoms with E-state index in [0.29, 0.717) is 16.5 Å². The van der Waals surface area contributed by atoms with Crippen LogP contribution >= 0.6 is 11.6 Å². The average Bonchev–Trinajstić information content (AvgIpc) is 2.06. The van der Waals surface area contributed by atoms with Crippen LogP contribution in [0, 0.1) is 0 Å². The fourth-order valence-electron chi connectivity index (χ4n) is 1.03. The molecule has 1 aromatic rings. The molecule has 1 amide bonds. The highest BCUT2D eigenvalue weighted by Gasteiger charge is 2.01. The van der Waals surface area contributed by atoms with Gasteiger partial charge in [-0.3, -0.25) is 4.79 Å². The molecule has 0 saturated carbocycles. The molecule has 0 bridgehead atoms. The monoisotopic (exact) mass is 210 g/mol. The molecule has 0 aromatic heterocycles. The Labute approximate surface area is 87.8 Å². The summed E-state index contributed by atoms with van der Waals surface area (Å²) in [5.74, 6) is -0.125. The molecule has 0 aliphatic carbocycles. The summed E-state index contributed by atoms with van der Waals surface area (Å²) >= 11 is 5.66. The molecule has 0 unspecified atom stereocenters. The smallest absolute Gasteiger partial charge is 0.221 e. The number of carbonyl (C=O) groups is 1. The Balaban J connectivity index is 3.03. The van der Waals surface area contributed by atoms with E-state index in [4.69, 9.17) is 11.6 Å². The fraction of sp³-hybridized carbons (Fsp3) is 0.200. The second kappa shape index (κ2) is 4.77. The van der Waals surface area contributed by atoms with Gasteiger partial charge in [0.2, 0.25) is 5.91 Å². The lowest BCUT2D eigenvalue weighted by Crippen LogP contribution is -2.05. The molecule has 0 saturated heterocycles. The second-order valence-electron chi connectivity index (χ2n) is 2.81. The number of amides is 1. The Kier molecular flexibility index (Phi) is 3.65. The quantitative estimate of drug-likeness (QED) is 0.750. The third kappa shape index (κ3) is 3.18. The molecule has 1 rings (SSSR count). The molecule has 0 spiro atoms. The van der Waals surface area contributed by atoms with E-state index in [9.17, 15) is 4.79 Å². The summed E-state index contributed by atoms with van der Waals surface area (Å²) in [5, 5.41) is 3.11. The number of benzene rings is 1. The second-order valence-corrected chi connectivity index (χ2v) is 3.35. The molecule has 0 aliphatic rings. The van der Waals surface area contributed by atoms with Crippen molar-refractivity contribution in [2.75, 3.05) is 5.32 Å². The first-order valence-electron chi connectivity index (χ1n) is 4.17. The number of nitrogens with one attached hydrogen (secondary N) is 1. The maximum Gasteiger partial charge on any atom is 0.221 e. The number of halogens is 1. The van der Waals surface area contributed by atoms with E-state index < -0.39 is 0 Å². The van der Waals surface area contributed by atoms with Gasteiger partial charge in [-0.05, 0) is 19.1 Å². The van der Waals surface area contributed by atoms with Crippen LogP contribution in [0.1, 0.15) is 13.8 Å². The molecule has 3 nitrogen and oxygen atoms in total.